The first-order valence-electron chi connectivity index (χ1n) is 7.87. The van der Waals surface area contributed by atoms with Gasteiger partial charge in [0.25, 0.3) is 5.56 Å². The number of aromatic nitrogens is 1. The van der Waals surface area contributed by atoms with E-state index >= 15 is 0 Å². The fraction of sp³-hybridized carbons (Fsp3) is 0.105. The predicted molar refractivity (Wildman–Crippen MR) is 104 cm³/mol. The van der Waals surface area contributed by atoms with Gasteiger partial charge in [0.05, 0.1) is 29.1 Å². The minimum absolute atomic E-state index is 0.0241. The van der Waals surface area contributed by atoms with E-state index in [1.54, 1.807) is 42.5 Å². The molecular weight excluding hydrogens is 391 g/mol. The minimum atomic E-state index is -0.612. The summed E-state index contributed by atoms with van der Waals surface area (Å²) >= 11 is 11.8. The average molecular weight is 405 g/mol. The number of amides is 1. The molecule has 138 valence electrons. The van der Waals surface area contributed by atoms with Crippen LogP contribution in [0.1, 0.15) is 15.9 Å². The van der Waals surface area contributed by atoms with E-state index < -0.39 is 17.4 Å². The molecule has 27 heavy (non-hydrogen) atoms. The van der Waals surface area contributed by atoms with Gasteiger partial charge in [0.2, 0.25) is 5.91 Å². The second kappa shape index (κ2) is 7.82. The molecule has 1 N–H and O–H groups in total. The number of carbonyl (C=O) groups is 2. The van der Waals surface area contributed by atoms with Gasteiger partial charge in [-0.15, -0.1) is 0 Å². The topological polar surface area (TPSA) is 77.4 Å². The molecule has 8 heteroatoms. The van der Waals surface area contributed by atoms with Crippen LogP contribution >= 0.6 is 23.2 Å². The fourth-order valence-corrected chi connectivity index (χ4v) is 2.98. The van der Waals surface area contributed by atoms with Gasteiger partial charge < -0.3 is 4.74 Å². The summed E-state index contributed by atoms with van der Waals surface area (Å²) in [6.45, 7) is 0. The summed E-state index contributed by atoms with van der Waals surface area (Å²) in [6.07, 6.45) is 1.23. The van der Waals surface area contributed by atoms with Crippen LogP contribution in [0.3, 0.4) is 0 Å². The number of nitrogens with zero attached hydrogens (tertiary/aromatic N) is 1. The Hall–Kier alpha value is -2.83. The lowest BCUT2D eigenvalue weighted by Gasteiger charge is -2.12. The van der Waals surface area contributed by atoms with Crippen LogP contribution in [0, 0.1) is 0 Å². The Kier molecular flexibility index (Phi) is 5.48. The second-order valence-corrected chi connectivity index (χ2v) is 6.53. The lowest BCUT2D eigenvalue weighted by atomic mass is 10.1. The molecule has 0 atom stereocenters. The molecule has 0 aliphatic heterocycles. The Balaban J connectivity index is 1.95. The summed E-state index contributed by atoms with van der Waals surface area (Å²) in [7, 11) is 1.25. The molecule has 0 spiro atoms. The van der Waals surface area contributed by atoms with Gasteiger partial charge in [0.1, 0.15) is 0 Å². The normalized spacial score (nSPS) is 10.6. The van der Waals surface area contributed by atoms with Crippen molar-refractivity contribution >= 4 is 45.9 Å². The van der Waals surface area contributed by atoms with Crippen molar-refractivity contribution in [3.63, 3.8) is 0 Å². The summed E-state index contributed by atoms with van der Waals surface area (Å²) in [4.78, 5) is 37.0. The Morgan fingerprint density at radius 3 is 2.44 bits per heavy atom. The van der Waals surface area contributed by atoms with Gasteiger partial charge in [-0.2, -0.15) is 0 Å². The molecule has 0 unspecified atom stereocenters. The quantitative estimate of drug-likeness (QED) is 0.675. The summed E-state index contributed by atoms with van der Waals surface area (Å²) in [5.74, 6) is -1.07. The molecule has 1 heterocycles. The maximum Gasteiger partial charge on any atom is 0.340 e. The lowest BCUT2D eigenvalue weighted by Crippen LogP contribution is -2.34. The van der Waals surface area contributed by atoms with Crippen LogP contribution < -0.4 is 11.0 Å². The molecule has 0 aliphatic rings. The van der Waals surface area contributed by atoms with E-state index in [0.717, 1.165) is 4.68 Å². The fourth-order valence-electron chi connectivity index (χ4n) is 2.66. The van der Waals surface area contributed by atoms with Crippen molar-refractivity contribution in [3.8, 4) is 0 Å². The first-order valence-corrected chi connectivity index (χ1v) is 8.63. The van der Waals surface area contributed by atoms with E-state index in [0.29, 0.717) is 21.0 Å². The Bertz CT molecular complexity index is 1110. The summed E-state index contributed by atoms with van der Waals surface area (Å²) < 4.78 is 5.75. The maximum atomic E-state index is 12.6. The molecule has 1 aromatic heterocycles. The molecule has 3 rings (SSSR count). The second-order valence-electron chi connectivity index (χ2n) is 5.72. The van der Waals surface area contributed by atoms with Gasteiger partial charge in [-0.25, -0.2) is 9.47 Å². The number of nitrogens with one attached hydrogen (secondary N) is 1. The van der Waals surface area contributed by atoms with Gasteiger partial charge in [-0.05, 0) is 23.8 Å². The molecule has 0 radical (unpaired) electrons. The zero-order valence-corrected chi connectivity index (χ0v) is 15.7. The van der Waals surface area contributed by atoms with Crippen LogP contribution in [0.25, 0.3) is 10.8 Å². The first-order chi connectivity index (χ1) is 12.9. The number of halogens is 2. The first kappa shape index (κ1) is 18.9. The van der Waals surface area contributed by atoms with Crippen LogP contribution in [0.5, 0.6) is 0 Å². The number of fused-ring (bicyclic) bond motifs is 1. The number of benzene rings is 2. The van der Waals surface area contributed by atoms with Crippen LogP contribution in [-0.4, -0.2) is 23.7 Å². The number of rotatable bonds is 4. The highest BCUT2D eigenvalue weighted by Crippen LogP contribution is 2.22. The van der Waals surface area contributed by atoms with Crippen molar-refractivity contribution in [2.24, 2.45) is 0 Å². The summed E-state index contributed by atoms with van der Waals surface area (Å²) in [5, 5.41) is 1.45. The van der Waals surface area contributed by atoms with Crippen LogP contribution in [0.4, 0.5) is 0 Å². The monoisotopic (exact) mass is 404 g/mol. The van der Waals surface area contributed by atoms with Crippen molar-refractivity contribution in [1.82, 2.24) is 4.68 Å². The minimum Gasteiger partial charge on any atom is -0.465 e. The number of esters is 1. The highest BCUT2D eigenvalue weighted by molar-refractivity contribution is 6.42. The number of hydrogen-bond acceptors (Lipinski definition) is 4. The maximum absolute atomic E-state index is 12.6. The molecule has 0 saturated heterocycles. The smallest absolute Gasteiger partial charge is 0.340 e. The van der Waals surface area contributed by atoms with Gasteiger partial charge in [-0.3, -0.25) is 15.0 Å². The van der Waals surface area contributed by atoms with E-state index in [4.69, 9.17) is 27.9 Å². The van der Waals surface area contributed by atoms with Crippen LogP contribution in [-0.2, 0) is 16.0 Å². The van der Waals surface area contributed by atoms with E-state index in [9.17, 15) is 14.4 Å². The highest BCUT2D eigenvalue weighted by Gasteiger charge is 2.16. The van der Waals surface area contributed by atoms with Gasteiger partial charge >= 0.3 is 5.97 Å². The SMILES string of the molecule is COC(=O)c1cn(NC(=O)Cc2ccc(Cl)c(Cl)c2)c(=O)c2ccccc12. The molecular formula is C19H14Cl2N2O4. The van der Waals surface area contributed by atoms with E-state index in [-0.39, 0.29) is 17.4 Å². The van der Waals surface area contributed by atoms with Crippen molar-refractivity contribution in [1.29, 1.82) is 0 Å². The molecule has 0 fully saturated rings. The van der Waals surface area contributed by atoms with E-state index in [1.807, 2.05) is 0 Å². The van der Waals surface area contributed by atoms with Crippen LogP contribution in [0.2, 0.25) is 10.0 Å². The van der Waals surface area contributed by atoms with Crippen molar-refractivity contribution in [2.75, 3.05) is 12.5 Å². The molecule has 3 aromatic rings. The van der Waals surface area contributed by atoms with E-state index in [1.165, 1.54) is 13.3 Å². The summed E-state index contributed by atoms with van der Waals surface area (Å²) in [5.41, 5.74) is 2.83. The zero-order chi connectivity index (χ0) is 19.6. The Morgan fingerprint density at radius 1 is 1.07 bits per heavy atom. The van der Waals surface area contributed by atoms with Crippen molar-refractivity contribution in [2.45, 2.75) is 6.42 Å². The number of carbonyl (C=O) groups excluding carboxylic acids is 2. The summed E-state index contributed by atoms with van der Waals surface area (Å²) in [6, 6.07) is 11.4. The zero-order valence-electron chi connectivity index (χ0n) is 14.2. The molecule has 0 saturated carbocycles. The molecule has 6 nitrogen and oxygen atoms in total. The van der Waals surface area contributed by atoms with Gasteiger partial charge in [0.15, 0.2) is 0 Å². The third kappa shape index (κ3) is 3.97. The molecule has 0 aliphatic carbocycles. The largest absolute Gasteiger partial charge is 0.465 e. The molecule has 2 aromatic carbocycles. The van der Waals surface area contributed by atoms with E-state index in [2.05, 4.69) is 5.43 Å². The van der Waals surface area contributed by atoms with Crippen LogP contribution in [0.15, 0.2) is 53.5 Å². The number of ether oxygens (including phenoxy) is 1. The number of pyridine rings is 1. The predicted octanol–water partition coefficient (Wildman–Crippen LogP) is 3.41. The number of hydrogen-bond donors (Lipinski definition) is 1. The Labute approximate surface area is 164 Å². The van der Waals surface area contributed by atoms with Crippen molar-refractivity contribution < 1.29 is 14.3 Å². The highest BCUT2D eigenvalue weighted by atomic mass is 35.5. The lowest BCUT2D eigenvalue weighted by molar-refractivity contribution is -0.116. The standard InChI is InChI=1S/C19H14Cl2N2O4/c1-27-19(26)14-10-23(18(25)13-5-3-2-4-12(13)14)22-17(24)9-11-6-7-15(20)16(21)8-11/h2-8,10H,9H2,1H3,(H,22,24). The third-order valence-corrected chi connectivity index (χ3v) is 4.66. The third-order valence-electron chi connectivity index (χ3n) is 3.92. The molecule has 0 bridgehead atoms. The average Bonchev–Trinajstić information content (AvgIpc) is 2.66. The number of methoxy groups -OCH3 is 1. The van der Waals surface area contributed by atoms with Crippen molar-refractivity contribution in [3.05, 3.63) is 80.2 Å². The Morgan fingerprint density at radius 2 is 1.78 bits per heavy atom. The van der Waals surface area contributed by atoms with Gasteiger partial charge in [-0.1, -0.05) is 47.5 Å². The molecule has 1 amide bonds. The van der Waals surface area contributed by atoms with Gasteiger partial charge in [0, 0.05) is 17.0 Å².